The van der Waals surface area contributed by atoms with Gasteiger partial charge in [0.05, 0.1) is 6.10 Å². The fourth-order valence-corrected chi connectivity index (χ4v) is 1.66. The lowest BCUT2D eigenvalue weighted by atomic mass is 10.0. The molecule has 2 unspecified atom stereocenters. The van der Waals surface area contributed by atoms with Crippen LogP contribution in [-0.4, -0.2) is 22.7 Å². The first kappa shape index (κ1) is 14.4. The van der Waals surface area contributed by atoms with Gasteiger partial charge in [0.2, 0.25) is 6.54 Å². The molecule has 5 nitrogen and oxygen atoms in total. The summed E-state index contributed by atoms with van der Waals surface area (Å²) in [6, 6.07) is 5.24. The van der Waals surface area contributed by atoms with Crippen molar-refractivity contribution in [1.82, 2.24) is 0 Å². The first-order chi connectivity index (χ1) is 8.45. The number of rotatable bonds is 6. The first-order valence-electron chi connectivity index (χ1n) is 6.01. The molecule has 1 aromatic rings. The van der Waals surface area contributed by atoms with Crippen molar-refractivity contribution < 1.29 is 14.8 Å². The zero-order valence-corrected chi connectivity index (χ0v) is 10.9. The second-order valence-corrected chi connectivity index (χ2v) is 4.34. The Balaban J connectivity index is 2.94. The third-order valence-electron chi connectivity index (χ3n) is 2.91. The summed E-state index contributed by atoms with van der Waals surface area (Å²) in [5, 5.41) is 20.2. The van der Waals surface area contributed by atoms with Crippen LogP contribution in [0.25, 0.3) is 0 Å². The van der Waals surface area contributed by atoms with Crippen molar-refractivity contribution in [2.75, 3.05) is 6.54 Å². The maximum Gasteiger partial charge on any atom is 0.233 e. The van der Waals surface area contributed by atoms with Gasteiger partial charge in [0.25, 0.3) is 0 Å². The lowest BCUT2D eigenvalue weighted by Crippen LogP contribution is -2.15. The molecule has 0 radical (unpaired) electrons. The highest BCUT2D eigenvalue weighted by molar-refractivity contribution is 5.40. The van der Waals surface area contributed by atoms with Gasteiger partial charge in [0.15, 0.2) is 0 Å². The molecule has 100 valence electrons. The van der Waals surface area contributed by atoms with E-state index in [4.69, 9.17) is 4.74 Å². The Morgan fingerprint density at radius 3 is 2.72 bits per heavy atom. The maximum atomic E-state index is 10.4. The Morgan fingerprint density at radius 2 is 2.17 bits per heavy atom. The van der Waals surface area contributed by atoms with Gasteiger partial charge in [0, 0.05) is 4.92 Å². The quantitative estimate of drug-likeness (QED) is 0.624. The van der Waals surface area contributed by atoms with E-state index in [-0.39, 0.29) is 6.10 Å². The molecule has 5 heteroatoms. The molecule has 18 heavy (non-hydrogen) atoms. The van der Waals surface area contributed by atoms with Crippen LogP contribution < -0.4 is 4.74 Å². The van der Waals surface area contributed by atoms with Gasteiger partial charge in [-0.15, -0.1) is 0 Å². The Hall–Kier alpha value is -1.62. The molecule has 0 saturated carbocycles. The van der Waals surface area contributed by atoms with Crippen molar-refractivity contribution in [2.24, 2.45) is 0 Å². The van der Waals surface area contributed by atoms with Crippen LogP contribution in [0.1, 0.15) is 37.5 Å². The van der Waals surface area contributed by atoms with Crippen LogP contribution >= 0.6 is 0 Å². The molecule has 1 N–H and O–H groups in total. The average Bonchev–Trinajstić information content (AvgIpc) is 2.30. The molecular formula is C13H19NO4. The molecule has 0 heterocycles. The average molecular weight is 253 g/mol. The van der Waals surface area contributed by atoms with Crippen LogP contribution in [0.2, 0.25) is 0 Å². The summed E-state index contributed by atoms with van der Waals surface area (Å²) in [6.07, 6.45) is -0.145. The topological polar surface area (TPSA) is 72.6 Å². The summed E-state index contributed by atoms with van der Waals surface area (Å²) in [5.74, 6) is 0.671. The van der Waals surface area contributed by atoms with Gasteiger partial charge in [0.1, 0.15) is 11.9 Å². The van der Waals surface area contributed by atoms with E-state index in [2.05, 4.69) is 0 Å². The largest absolute Gasteiger partial charge is 0.490 e. The van der Waals surface area contributed by atoms with Gasteiger partial charge >= 0.3 is 0 Å². The van der Waals surface area contributed by atoms with Gasteiger partial charge in [-0.25, -0.2) is 0 Å². The molecule has 0 amide bonds. The second kappa shape index (κ2) is 6.35. The van der Waals surface area contributed by atoms with Crippen molar-refractivity contribution in [3.63, 3.8) is 0 Å². The van der Waals surface area contributed by atoms with E-state index in [0.29, 0.717) is 11.3 Å². The van der Waals surface area contributed by atoms with Gasteiger partial charge < -0.3 is 9.84 Å². The van der Waals surface area contributed by atoms with Crippen molar-refractivity contribution in [1.29, 1.82) is 0 Å². The van der Waals surface area contributed by atoms with E-state index < -0.39 is 17.6 Å². The van der Waals surface area contributed by atoms with Gasteiger partial charge in [-0.1, -0.05) is 19.1 Å². The highest BCUT2D eigenvalue weighted by atomic mass is 16.6. The zero-order valence-electron chi connectivity index (χ0n) is 10.9. The predicted octanol–water partition coefficient (Wildman–Crippen LogP) is 2.48. The molecule has 2 atom stereocenters. The fourth-order valence-electron chi connectivity index (χ4n) is 1.66. The summed E-state index contributed by atoms with van der Waals surface area (Å²) in [4.78, 5) is 9.90. The normalized spacial score (nSPS) is 14.0. The Morgan fingerprint density at radius 1 is 1.50 bits per heavy atom. The number of nitrogens with zero attached hydrogens (tertiary/aromatic N) is 1. The number of ether oxygens (including phenoxy) is 1. The van der Waals surface area contributed by atoms with Crippen LogP contribution in [0.3, 0.4) is 0 Å². The lowest BCUT2D eigenvalue weighted by molar-refractivity contribution is -0.491. The third-order valence-corrected chi connectivity index (χ3v) is 2.91. The van der Waals surface area contributed by atoms with Crippen molar-refractivity contribution in [2.45, 2.75) is 39.4 Å². The summed E-state index contributed by atoms with van der Waals surface area (Å²) in [6.45, 7) is 5.29. The van der Waals surface area contributed by atoms with E-state index in [9.17, 15) is 15.2 Å². The minimum atomic E-state index is -1.10. The highest BCUT2D eigenvalue weighted by Gasteiger charge is 2.18. The monoisotopic (exact) mass is 253 g/mol. The van der Waals surface area contributed by atoms with E-state index in [1.54, 1.807) is 19.1 Å². The molecule has 1 rings (SSSR count). The maximum absolute atomic E-state index is 10.4. The van der Waals surface area contributed by atoms with E-state index in [1.807, 2.05) is 19.9 Å². The Bertz CT molecular complexity index is 419. The number of benzene rings is 1. The predicted molar refractivity (Wildman–Crippen MR) is 68.4 cm³/mol. The molecule has 0 spiro atoms. The second-order valence-electron chi connectivity index (χ2n) is 4.34. The molecule has 0 bridgehead atoms. The van der Waals surface area contributed by atoms with Crippen LogP contribution in [0.15, 0.2) is 18.2 Å². The van der Waals surface area contributed by atoms with Crippen LogP contribution in [0.4, 0.5) is 0 Å². The zero-order chi connectivity index (χ0) is 13.7. The van der Waals surface area contributed by atoms with Gasteiger partial charge in [-0.3, -0.25) is 10.1 Å². The van der Waals surface area contributed by atoms with Crippen molar-refractivity contribution >= 4 is 0 Å². The SMILES string of the molecule is CCC(C)Oc1cccc(C(O)C[N+](=O)[O-])c1C. The molecule has 1 aromatic carbocycles. The number of nitro groups is 1. The molecule has 0 aliphatic heterocycles. The van der Waals surface area contributed by atoms with Crippen molar-refractivity contribution in [3.05, 3.63) is 39.4 Å². The molecule has 0 aromatic heterocycles. The third kappa shape index (κ3) is 3.70. The Kier molecular flexibility index (Phi) is 5.09. The van der Waals surface area contributed by atoms with E-state index in [1.165, 1.54) is 0 Å². The number of hydrogen-bond donors (Lipinski definition) is 1. The van der Waals surface area contributed by atoms with Gasteiger partial charge in [-0.2, -0.15) is 0 Å². The first-order valence-corrected chi connectivity index (χ1v) is 6.01. The van der Waals surface area contributed by atoms with Crippen LogP contribution in [0.5, 0.6) is 5.75 Å². The highest BCUT2D eigenvalue weighted by Crippen LogP contribution is 2.27. The fraction of sp³-hybridized carbons (Fsp3) is 0.538. The standard InChI is InChI=1S/C13H19NO4/c1-4-9(2)18-13-7-5-6-11(10(13)3)12(15)8-14(16)17/h5-7,9,12,15H,4,8H2,1-3H3. The molecular weight excluding hydrogens is 234 g/mol. The minimum absolute atomic E-state index is 0.0756. The molecule has 0 fully saturated rings. The van der Waals surface area contributed by atoms with E-state index in [0.717, 1.165) is 12.0 Å². The van der Waals surface area contributed by atoms with Crippen molar-refractivity contribution in [3.8, 4) is 5.75 Å². The van der Waals surface area contributed by atoms with Crippen LogP contribution in [0, 0.1) is 17.0 Å². The molecule has 0 aliphatic carbocycles. The van der Waals surface area contributed by atoms with Crippen LogP contribution in [-0.2, 0) is 0 Å². The number of hydrogen-bond acceptors (Lipinski definition) is 4. The summed E-state index contributed by atoms with van der Waals surface area (Å²) >= 11 is 0. The number of aliphatic hydroxyl groups is 1. The lowest BCUT2D eigenvalue weighted by Gasteiger charge is -2.18. The summed E-state index contributed by atoms with van der Waals surface area (Å²) in [5.41, 5.74) is 1.31. The molecule has 0 saturated heterocycles. The Labute approximate surface area is 107 Å². The van der Waals surface area contributed by atoms with E-state index >= 15 is 0 Å². The minimum Gasteiger partial charge on any atom is -0.490 e. The summed E-state index contributed by atoms with van der Waals surface area (Å²) < 4.78 is 5.71. The van der Waals surface area contributed by atoms with Gasteiger partial charge in [-0.05, 0) is 37.5 Å². The molecule has 0 aliphatic rings. The number of aliphatic hydroxyl groups excluding tert-OH is 1. The summed E-state index contributed by atoms with van der Waals surface area (Å²) in [7, 11) is 0. The smallest absolute Gasteiger partial charge is 0.233 e.